The first kappa shape index (κ1) is 23.5. The van der Waals surface area contributed by atoms with E-state index in [1.807, 2.05) is 24.3 Å². The third-order valence-corrected chi connectivity index (χ3v) is 7.38. The zero-order valence-electron chi connectivity index (χ0n) is 36.8. The third kappa shape index (κ3) is 7.61. The number of hydrogen-bond donors (Lipinski definition) is 0. The second-order valence-corrected chi connectivity index (χ2v) is 11.1. The van der Waals surface area contributed by atoms with Crippen molar-refractivity contribution in [3.05, 3.63) is 126 Å². The Morgan fingerprint density at radius 1 is 0.837 bits per heavy atom. The van der Waals surface area contributed by atoms with Gasteiger partial charge in [-0.2, -0.15) is 13.2 Å². The molecule has 0 aliphatic heterocycles. The molecule has 0 saturated carbocycles. The molecule has 10 heteroatoms. The van der Waals surface area contributed by atoms with Gasteiger partial charge in [0, 0.05) is 65.0 Å². The number of aryl methyl sites for hydroxylation is 3. The van der Waals surface area contributed by atoms with E-state index in [2.05, 4.69) is 37.2 Å². The summed E-state index contributed by atoms with van der Waals surface area (Å²) in [6.45, 7) is -6.59. The van der Waals surface area contributed by atoms with Gasteiger partial charge in [-0.3, -0.25) is 9.97 Å². The minimum atomic E-state index is -4.95. The van der Waals surface area contributed by atoms with E-state index in [0.717, 1.165) is 35.2 Å². The first-order valence-corrected chi connectivity index (χ1v) is 14.4. The topological polar surface area (TPSA) is 77.6 Å². The standard InChI is InChI=1S/C30H25F3NO.C9H7N4.Ir/c1-18-14-20(16-29(3,4)30(31,32)33)12-13-21(18)25-15-26(34-17-19(25)2)24-10-7-9-23-22-8-5-6-11-27(22)35-28(23)24;1-7-12-5-8(6-13-7)9-10-3-2-4-11-9;/h5-9,11-15,17H,16H2,1-4H3;2-5H,1H3;/q2*-1;/i1D3,2D3,16D2;1D3;. The van der Waals surface area contributed by atoms with Gasteiger partial charge in [0.2, 0.25) is 0 Å². The number of aromatic nitrogens is 5. The van der Waals surface area contributed by atoms with Crippen molar-refractivity contribution in [1.82, 2.24) is 24.9 Å². The van der Waals surface area contributed by atoms with Crippen molar-refractivity contribution in [1.29, 1.82) is 0 Å². The Labute approximate surface area is 311 Å². The van der Waals surface area contributed by atoms with Gasteiger partial charge < -0.3 is 19.4 Å². The molecule has 0 saturated heterocycles. The molecule has 4 aromatic heterocycles. The van der Waals surface area contributed by atoms with E-state index in [-0.39, 0.29) is 48.3 Å². The number of rotatable bonds is 5. The molecule has 1 radical (unpaired) electrons. The van der Waals surface area contributed by atoms with Crippen LogP contribution in [-0.2, 0) is 26.5 Å². The van der Waals surface area contributed by atoms with Crippen LogP contribution < -0.4 is 0 Å². The summed E-state index contributed by atoms with van der Waals surface area (Å²) in [7, 11) is 0. The first-order valence-electron chi connectivity index (χ1n) is 19.9. The summed E-state index contributed by atoms with van der Waals surface area (Å²) in [6, 6.07) is 20.0. The Morgan fingerprint density at radius 3 is 2.35 bits per heavy atom. The average Bonchev–Trinajstić information content (AvgIpc) is 3.56. The normalized spacial score (nSPS) is 16.0. The quantitative estimate of drug-likeness (QED) is 0.161. The number of benzene rings is 3. The Kier molecular flexibility index (Phi) is 6.90. The second kappa shape index (κ2) is 14.4. The van der Waals surface area contributed by atoms with Crippen molar-refractivity contribution in [3.63, 3.8) is 0 Å². The summed E-state index contributed by atoms with van der Waals surface area (Å²) in [5.41, 5.74) is -2.19. The molecule has 251 valence electrons. The Hall–Kier alpha value is -4.79. The van der Waals surface area contributed by atoms with Crippen LogP contribution in [0.1, 0.15) is 51.4 Å². The van der Waals surface area contributed by atoms with Crippen LogP contribution in [0.4, 0.5) is 13.2 Å². The zero-order chi connectivity index (χ0) is 43.3. The maximum Gasteiger partial charge on any atom is 0.394 e. The molecule has 0 fully saturated rings. The molecule has 0 atom stereocenters. The van der Waals surface area contributed by atoms with Crippen molar-refractivity contribution in [2.45, 2.75) is 47.0 Å². The second-order valence-electron chi connectivity index (χ2n) is 11.1. The minimum absolute atomic E-state index is 0. The third-order valence-electron chi connectivity index (χ3n) is 7.38. The molecule has 4 heterocycles. The summed E-state index contributed by atoms with van der Waals surface area (Å²) < 4.78 is 134. The van der Waals surface area contributed by atoms with E-state index in [1.165, 1.54) is 12.3 Å². The summed E-state index contributed by atoms with van der Waals surface area (Å²) >= 11 is 0. The summed E-state index contributed by atoms with van der Waals surface area (Å²) in [5.74, 6) is 0.187. The number of halogens is 3. The Balaban J connectivity index is 0.000000336. The van der Waals surface area contributed by atoms with E-state index >= 15 is 0 Å². The van der Waals surface area contributed by atoms with E-state index in [1.54, 1.807) is 30.6 Å². The molecule has 0 N–H and O–H groups in total. The van der Waals surface area contributed by atoms with Crippen molar-refractivity contribution in [2.24, 2.45) is 5.41 Å². The molecule has 49 heavy (non-hydrogen) atoms. The fraction of sp³-hybridized carbons (Fsp3) is 0.205. The van der Waals surface area contributed by atoms with Gasteiger partial charge in [-0.25, -0.2) is 0 Å². The average molecular weight is 847 g/mol. The SMILES string of the molecule is [2H]C([2H])([2H])c1cnc(-c2[c-]ccc3c2oc2ccccc23)cc1-c1ccc(C([2H])([2H])C(C)(C)C(F)(F)F)cc1C([2H])([2H])[2H].[2H]C([2H])([2H])c1n[c-]c(-c2ncccn2)cn1.[Ir]. The molecular weight excluding hydrogens is 804 g/mol. The number of hydrogen-bond acceptors (Lipinski definition) is 6. The number of furan rings is 1. The predicted molar refractivity (Wildman–Crippen MR) is 181 cm³/mol. The molecule has 3 aromatic carbocycles. The largest absolute Gasteiger partial charge is 0.501 e. The van der Waals surface area contributed by atoms with Crippen molar-refractivity contribution in [3.8, 4) is 33.8 Å². The monoisotopic (exact) mass is 847 g/mol. The molecule has 0 spiro atoms. The molecule has 0 aliphatic rings. The number of alkyl halides is 3. The van der Waals surface area contributed by atoms with Crippen molar-refractivity contribution < 1.29 is 52.8 Å². The van der Waals surface area contributed by atoms with Crippen LogP contribution >= 0.6 is 0 Å². The molecule has 0 aliphatic carbocycles. The van der Waals surface area contributed by atoms with Crippen molar-refractivity contribution >= 4 is 21.9 Å². The molecule has 7 aromatic rings. The summed E-state index contributed by atoms with van der Waals surface area (Å²) in [4.78, 5) is 19.7. The number of fused-ring (bicyclic) bond motifs is 3. The van der Waals surface area contributed by atoms with Crippen LogP contribution in [-0.4, -0.2) is 31.1 Å². The van der Waals surface area contributed by atoms with Gasteiger partial charge in [0.15, 0.2) is 0 Å². The molecule has 0 bridgehead atoms. The number of nitrogens with zero attached hydrogens (tertiary/aromatic N) is 5. The van der Waals surface area contributed by atoms with Crippen LogP contribution in [0.2, 0.25) is 0 Å². The molecule has 6 nitrogen and oxygen atoms in total. The van der Waals surface area contributed by atoms with Crippen LogP contribution in [0.3, 0.4) is 0 Å². The van der Waals surface area contributed by atoms with E-state index in [4.69, 9.17) is 19.5 Å². The minimum Gasteiger partial charge on any atom is -0.501 e. The van der Waals surface area contributed by atoms with Gasteiger partial charge in [-0.15, -0.1) is 18.2 Å². The maximum atomic E-state index is 13.8. The fourth-order valence-corrected chi connectivity index (χ4v) is 4.83. The van der Waals surface area contributed by atoms with Gasteiger partial charge in [0.25, 0.3) is 0 Å². The Bertz CT molecular complexity index is 2630. The van der Waals surface area contributed by atoms with Gasteiger partial charge in [0.1, 0.15) is 5.58 Å². The van der Waals surface area contributed by atoms with Gasteiger partial charge in [-0.05, 0) is 78.8 Å². The zero-order valence-corrected chi connectivity index (χ0v) is 28.2. The Morgan fingerprint density at radius 2 is 1.63 bits per heavy atom. The van der Waals surface area contributed by atoms with Crippen LogP contribution in [0.15, 0.2) is 95.9 Å². The summed E-state index contributed by atoms with van der Waals surface area (Å²) in [6.07, 6.45) is 0.207. The van der Waals surface area contributed by atoms with E-state index in [9.17, 15) is 13.2 Å². The molecular formula is C39H32F3IrN5O-2. The van der Waals surface area contributed by atoms with Gasteiger partial charge in [-0.1, -0.05) is 79.0 Å². The first-order chi connectivity index (χ1) is 27.3. The maximum absolute atomic E-state index is 13.8. The molecule has 7 rings (SSSR count). The number of pyridine rings is 1. The van der Waals surface area contributed by atoms with Gasteiger partial charge >= 0.3 is 6.18 Å². The molecule has 0 unspecified atom stereocenters. The molecule has 0 amide bonds. The summed E-state index contributed by atoms with van der Waals surface area (Å²) in [5, 5.41) is 1.60. The van der Waals surface area contributed by atoms with Crippen LogP contribution in [0.5, 0.6) is 0 Å². The number of para-hydroxylation sites is 1. The fourth-order valence-electron chi connectivity index (χ4n) is 4.83. The van der Waals surface area contributed by atoms with E-state index < -0.39 is 49.6 Å². The van der Waals surface area contributed by atoms with Crippen LogP contribution in [0.25, 0.3) is 55.7 Å². The van der Waals surface area contributed by atoms with Crippen LogP contribution in [0, 0.1) is 38.2 Å². The van der Waals surface area contributed by atoms with E-state index in [0.29, 0.717) is 42.0 Å². The van der Waals surface area contributed by atoms with Crippen molar-refractivity contribution in [2.75, 3.05) is 0 Å². The smallest absolute Gasteiger partial charge is 0.394 e. The van der Waals surface area contributed by atoms with Gasteiger partial charge in [0.05, 0.1) is 16.8 Å². The predicted octanol–water partition coefficient (Wildman–Crippen LogP) is 9.90.